The van der Waals surface area contributed by atoms with Gasteiger partial charge in [0.1, 0.15) is 0 Å². The zero-order valence-corrected chi connectivity index (χ0v) is 24.5. The Bertz CT molecular complexity index is 2280. The largest absolute Gasteiger partial charge is 0.288 e. The van der Waals surface area contributed by atoms with Gasteiger partial charge in [0.15, 0.2) is 23.1 Å². The lowest BCUT2D eigenvalue weighted by molar-refractivity contribution is 0.101. The van der Waals surface area contributed by atoms with Crippen molar-refractivity contribution in [3.8, 4) is 22.3 Å². The highest BCUT2D eigenvalue weighted by molar-refractivity contribution is 6.56. The highest BCUT2D eigenvalue weighted by atomic mass is 16.2. The van der Waals surface area contributed by atoms with E-state index in [4.69, 9.17) is 0 Å². The predicted octanol–water partition coefficient (Wildman–Crippen LogP) is 6.77. The quantitative estimate of drug-likeness (QED) is 0.223. The molecule has 0 fully saturated rings. The highest BCUT2D eigenvalue weighted by Gasteiger charge is 2.35. The average Bonchev–Trinajstić information content (AvgIpc) is 3.52. The van der Waals surface area contributed by atoms with Crippen LogP contribution in [-0.2, 0) is 0 Å². The van der Waals surface area contributed by atoms with Crippen LogP contribution in [0.25, 0.3) is 33.4 Å². The summed E-state index contributed by atoms with van der Waals surface area (Å²) in [6.45, 7) is 0. The Morgan fingerprint density at radius 1 is 0.283 bits per heavy atom. The molecule has 0 spiro atoms. The average molecular weight is 593 g/mol. The summed E-state index contributed by atoms with van der Waals surface area (Å²) in [5.41, 5.74) is 5.29. The summed E-state index contributed by atoms with van der Waals surface area (Å²) >= 11 is 0. The van der Waals surface area contributed by atoms with E-state index in [9.17, 15) is 19.2 Å². The smallest absolute Gasteiger partial charge is 0.198 e. The zero-order chi connectivity index (χ0) is 31.4. The monoisotopic (exact) mass is 592 g/mol. The van der Waals surface area contributed by atoms with Gasteiger partial charge in [0.2, 0.25) is 0 Å². The van der Waals surface area contributed by atoms with Gasteiger partial charge in [-0.1, -0.05) is 133 Å². The molecular formula is C42H24O4. The summed E-state index contributed by atoms with van der Waals surface area (Å²) in [5.74, 6) is -1.09. The Kier molecular flexibility index (Phi) is 6.36. The number of hydrogen-bond acceptors (Lipinski definition) is 4. The van der Waals surface area contributed by atoms with Crippen LogP contribution in [0.5, 0.6) is 0 Å². The van der Waals surface area contributed by atoms with Gasteiger partial charge in [-0.25, -0.2) is 0 Å². The number of carbonyl (C=O) groups is 4. The van der Waals surface area contributed by atoms with Crippen molar-refractivity contribution in [2.45, 2.75) is 0 Å². The number of hydrogen-bond donors (Lipinski definition) is 0. The number of benzene rings is 6. The third-order valence-electron chi connectivity index (χ3n) is 8.82. The standard InChI is InChI=1S/C42H24O4/c43-39-31-15-7-8-16-32(31)40(44)37(39)29-21-19-27(23-35(29)25-11-3-1-4-12-25)28-20-22-30(36(24-28)26-13-5-2-6-14-26)38-41(45)33-17-9-10-18-34(33)42(38)46/h1-24H/b28-27+. The summed E-state index contributed by atoms with van der Waals surface area (Å²) < 4.78 is 0. The minimum atomic E-state index is -0.273. The second-order valence-corrected chi connectivity index (χ2v) is 11.4. The van der Waals surface area contributed by atoms with Gasteiger partial charge in [-0.15, -0.1) is 0 Å². The number of ketones is 4. The number of fused-ring (bicyclic) bond motifs is 2. The highest BCUT2D eigenvalue weighted by Crippen LogP contribution is 2.29. The molecule has 0 saturated carbocycles. The second-order valence-electron chi connectivity index (χ2n) is 11.4. The van der Waals surface area contributed by atoms with Crippen molar-refractivity contribution in [1.82, 2.24) is 0 Å². The molecule has 0 aliphatic heterocycles. The molecule has 0 unspecified atom stereocenters. The lowest BCUT2D eigenvalue weighted by atomic mass is 9.95. The van der Waals surface area contributed by atoms with Gasteiger partial charge in [0.25, 0.3) is 0 Å². The Labute approximate surface area is 263 Å². The van der Waals surface area contributed by atoms with Crippen LogP contribution in [0.4, 0.5) is 0 Å². The Balaban J connectivity index is 1.44. The van der Waals surface area contributed by atoms with Crippen LogP contribution in [0.2, 0.25) is 0 Å². The summed E-state index contributed by atoms with van der Waals surface area (Å²) in [5, 5.41) is 2.88. The fourth-order valence-electron chi connectivity index (χ4n) is 6.59. The maximum Gasteiger partial charge on any atom is 0.198 e. The summed E-state index contributed by atoms with van der Waals surface area (Å²) in [6, 6.07) is 44.8. The molecule has 4 nitrogen and oxygen atoms in total. The van der Waals surface area contributed by atoms with Crippen LogP contribution in [-0.4, -0.2) is 23.1 Å². The van der Waals surface area contributed by atoms with E-state index in [-0.39, 0.29) is 34.3 Å². The van der Waals surface area contributed by atoms with Gasteiger partial charge in [0.05, 0.1) is 11.1 Å². The summed E-state index contributed by atoms with van der Waals surface area (Å²) in [7, 11) is 0. The Hall–Kier alpha value is -6.26. The van der Waals surface area contributed by atoms with Crippen molar-refractivity contribution in [2.75, 3.05) is 0 Å². The van der Waals surface area contributed by atoms with Gasteiger partial charge < -0.3 is 0 Å². The van der Waals surface area contributed by atoms with Crippen LogP contribution in [0.1, 0.15) is 41.4 Å². The fraction of sp³-hybridized carbons (Fsp3) is 0. The first-order chi connectivity index (χ1) is 22.5. The van der Waals surface area contributed by atoms with Crippen molar-refractivity contribution >= 4 is 34.3 Å². The third-order valence-corrected chi connectivity index (χ3v) is 8.82. The van der Waals surface area contributed by atoms with E-state index in [2.05, 4.69) is 0 Å². The number of Topliss-reactive ketones (excluding diaryl/α,β-unsaturated/α-hetero) is 4. The molecule has 0 atom stereocenters. The molecule has 6 aromatic carbocycles. The van der Waals surface area contributed by atoms with Crippen LogP contribution < -0.4 is 10.4 Å². The molecular weight excluding hydrogens is 568 g/mol. The minimum absolute atomic E-state index is 0.168. The molecule has 2 aliphatic rings. The van der Waals surface area contributed by atoms with Crippen molar-refractivity contribution in [1.29, 1.82) is 0 Å². The van der Waals surface area contributed by atoms with E-state index < -0.39 is 0 Å². The first kappa shape index (κ1) is 27.3. The van der Waals surface area contributed by atoms with E-state index in [0.717, 1.165) is 32.7 Å². The first-order valence-corrected chi connectivity index (χ1v) is 15.0. The molecule has 0 N–H and O–H groups in total. The molecule has 6 aromatic rings. The van der Waals surface area contributed by atoms with Gasteiger partial charge >= 0.3 is 0 Å². The van der Waals surface area contributed by atoms with Gasteiger partial charge in [0, 0.05) is 22.3 Å². The minimum Gasteiger partial charge on any atom is -0.288 e. The first-order valence-electron chi connectivity index (χ1n) is 15.0. The molecule has 0 aromatic heterocycles. The van der Waals surface area contributed by atoms with Crippen molar-refractivity contribution in [3.05, 3.63) is 189 Å². The Morgan fingerprint density at radius 2 is 0.587 bits per heavy atom. The van der Waals surface area contributed by atoms with E-state index in [1.807, 2.05) is 97.1 Å². The van der Waals surface area contributed by atoms with E-state index in [0.29, 0.717) is 32.7 Å². The lowest BCUT2D eigenvalue weighted by Gasteiger charge is -2.08. The third kappa shape index (κ3) is 4.23. The van der Waals surface area contributed by atoms with Crippen molar-refractivity contribution in [3.63, 3.8) is 0 Å². The molecule has 0 heterocycles. The number of rotatable bonds is 2. The van der Waals surface area contributed by atoms with Gasteiger partial charge in [-0.05, 0) is 55.3 Å². The molecule has 0 bridgehead atoms. The zero-order valence-electron chi connectivity index (χ0n) is 24.5. The normalized spacial score (nSPS) is 14.5. The van der Waals surface area contributed by atoms with Crippen LogP contribution in [0.3, 0.4) is 0 Å². The van der Waals surface area contributed by atoms with Crippen molar-refractivity contribution < 1.29 is 19.2 Å². The maximum absolute atomic E-state index is 13.5. The number of carbonyl (C=O) groups excluding carboxylic acids is 4. The molecule has 4 heteroatoms. The van der Waals surface area contributed by atoms with E-state index >= 15 is 0 Å². The van der Waals surface area contributed by atoms with Crippen LogP contribution >= 0.6 is 0 Å². The molecule has 0 amide bonds. The molecule has 8 rings (SSSR count). The van der Waals surface area contributed by atoms with Crippen LogP contribution in [0, 0.1) is 10.4 Å². The molecule has 0 radical (unpaired) electrons. The Morgan fingerprint density at radius 3 is 0.913 bits per heavy atom. The molecule has 0 saturated heterocycles. The van der Waals surface area contributed by atoms with Crippen LogP contribution in [0.15, 0.2) is 146 Å². The van der Waals surface area contributed by atoms with Gasteiger partial charge in [-0.3, -0.25) is 19.2 Å². The summed E-state index contributed by atoms with van der Waals surface area (Å²) in [4.78, 5) is 54.1. The van der Waals surface area contributed by atoms with Gasteiger partial charge in [-0.2, -0.15) is 0 Å². The predicted molar refractivity (Wildman–Crippen MR) is 178 cm³/mol. The maximum atomic E-state index is 13.5. The molecule has 216 valence electrons. The van der Waals surface area contributed by atoms with E-state index in [1.165, 1.54) is 0 Å². The topological polar surface area (TPSA) is 68.3 Å². The molecule has 46 heavy (non-hydrogen) atoms. The SMILES string of the molecule is O=C1C(=c2cc/c(=c3/ccc(=C4C(=O)c5ccccc5C4=O)c(-c4ccccc4)c3)cc2-c2ccccc2)C(=O)c2ccccc21. The van der Waals surface area contributed by atoms with E-state index in [1.54, 1.807) is 48.5 Å². The van der Waals surface area contributed by atoms with Crippen molar-refractivity contribution in [2.24, 2.45) is 0 Å². The second kappa shape index (κ2) is 10.7. The summed E-state index contributed by atoms with van der Waals surface area (Å²) in [6.07, 6.45) is 0. The fourth-order valence-corrected chi connectivity index (χ4v) is 6.59. The lowest BCUT2D eigenvalue weighted by Crippen LogP contribution is -2.17. The molecule has 2 aliphatic carbocycles.